The summed E-state index contributed by atoms with van der Waals surface area (Å²) in [6.07, 6.45) is 2.34. The van der Waals surface area contributed by atoms with E-state index in [2.05, 4.69) is 51.7 Å². The Balaban J connectivity index is 1.53. The molecule has 1 aliphatic heterocycles. The largest absolute Gasteiger partial charge is 0.377 e. The predicted octanol–water partition coefficient (Wildman–Crippen LogP) is 2.50. The molecule has 0 spiro atoms. The highest BCUT2D eigenvalue weighted by molar-refractivity contribution is 5.06. The van der Waals surface area contributed by atoms with E-state index in [1.165, 1.54) is 18.5 Å². The molecule has 0 bridgehead atoms. The molecule has 7 heteroatoms. The van der Waals surface area contributed by atoms with E-state index in [1.54, 1.807) is 7.11 Å². The summed E-state index contributed by atoms with van der Waals surface area (Å²) in [7, 11) is 1.63. The molecular formula is C17H27N5O2. The maximum absolute atomic E-state index is 5.38. The number of aromatic nitrogens is 4. The van der Waals surface area contributed by atoms with Gasteiger partial charge in [0.1, 0.15) is 6.61 Å². The van der Waals surface area contributed by atoms with Crippen molar-refractivity contribution in [1.82, 2.24) is 24.8 Å². The van der Waals surface area contributed by atoms with E-state index < -0.39 is 0 Å². The van der Waals surface area contributed by atoms with Crippen molar-refractivity contribution in [3.05, 3.63) is 29.2 Å². The van der Waals surface area contributed by atoms with E-state index in [9.17, 15) is 0 Å². The highest BCUT2D eigenvalue weighted by Crippen LogP contribution is 2.26. The molecule has 3 heterocycles. The molecular weight excluding hydrogens is 306 g/mol. The van der Waals surface area contributed by atoms with E-state index in [4.69, 9.17) is 9.26 Å². The van der Waals surface area contributed by atoms with Crippen LogP contribution in [0.1, 0.15) is 48.9 Å². The monoisotopic (exact) mass is 333 g/mol. The average molecular weight is 333 g/mol. The molecule has 24 heavy (non-hydrogen) atoms. The molecule has 1 unspecified atom stereocenters. The lowest BCUT2D eigenvalue weighted by Gasteiger charge is -2.34. The van der Waals surface area contributed by atoms with Gasteiger partial charge in [-0.15, -0.1) is 0 Å². The summed E-state index contributed by atoms with van der Waals surface area (Å²) in [6, 6.07) is 2.29. The summed E-state index contributed by atoms with van der Waals surface area (Å²) >= 11 is 0. The van der Waals surface area contributed by atoms with Crippen LogP contribution in [0.15, 0.2) is 10.6 Å². The maximum atomic E-state index is 5.38. The molecule has 132 valence electrons. The zero-order chi connectivity index (χ0) is 17.1. The molecule has 3 rings (SSSR count). The number of piperidine rings is 1. The van der Waals surface area contributed by atoms with Gasteiger partial charge in [0.15, 0.2) is 5.82 Å². The van der Waals surface area contributed by atoms with Gasteiger partial charge in [-0.05, 0) is 58.7 Å². The summed E-state index contributed by atoms with van der Waals surface area (Å²) in [4.78, 5) is 6.84. The normalized spacial score (nSPS) is 18.2. The third-order valence-corrected chi connectivity index (χ3v) is 4.85. The lowest BCUT2D eigenvalue weighted by Crippen LogP contribution is -2.37. The predicted molar refractivity (Wildman–Crippen MR) is 89.4 cm³/mol. The Hall–Kier alpha value is -1.73. The van der Waals surface area contributed by atoms with E-state index in [0.717, 1.165) is 25.3 Å². The Bertz CT molecular complexity index is 658. The SMILES string of the molecule is COCc1noc(C(C)N2CCC(Cn3nc(C)cc3C)CC2)n1. The number of rotatable bonds is 6. The summed E-state index contributed by atoms with van der Waals surface area (Å²) in [6.45, 7) is 9.81. The Morgan fingerprint density at radius 1 is 1.33 bits per heavy atom. The van der Waals surface area contributed by atoms with Crippen LogP contribution in [0, 0.1) is 19.8 Å². The first-order valence-corrected chi connectivity index (χ1v) is 8.63. The van der Waals surface area contributed by atoms with Crippen LogP contribution in [-0.2, 0) is 17.9 Å². The highest BCUT2D eigenvalue weighted by Gasteiger charge is 2.27. The van der Waals surface area contributed by atoms with Crippen molar-refractivity contribution in [3.63, 3.8) is 0 Å². The van der Waals surface area contributed by atoms with Gasteiger partial charge in [-0.3, -0.25) is 9.58 Å². The van der Waals surface area contributed by atoms with Gasteiger partial charge in [0.25, 0.3) is 0 Å². The topological polar surface area (TPSA) is 69.2 Å². The van der Waals surface area contributed by atoms with Crippen molar-refractivity contribution in [3.8, 4) is 0 Å². The molecule has 0 aromatic carbocycles. The zero-order valence-corrected chi connectivity index (χ0v) is 15.0. The van der Waals surface area contributed by atoms with Gasteiger partial charge in [-0.2, -0.15) is 10.1 Å². The third kappa shape index (κ3) is 3.84. The minimum Gasteiger partial charge on any atom is -0.377 e. The molecule has 7 nitrogen and oxygen atoms in total. The van der Waals surface area contributed by atoms with Crippen molar-refractivity contribution in [2.75, 3.05) is 20.2 Å². The zero-order valence-electron chi connectivity index (χ0n) is 15.0. The van der Waals surface area contributed by atoms with Gasteiger partial charge < -0.3 is 9.26 Å². The quantitative estimate of drug-likeness (QED) is 0.809. The minimum atomic E-state index is 0.151. The number of hydrogen-bond acceptors (Lipinski definition) is 6. The second-order valence-corrected chi connectivity index (χ2v) is 6.75. The number of hydrogen-bond donors (Lipinski definition) is 0. The van der Waals surface area contributed by atoms with Crippen LogP contribution < -0.4 is 0 Å². The number of methoxy groups -OCH3 is 1. The summed E-state index contributed by atoms with van der Waals surface area (Å²) in [5.74, 6) is 1.97. The fraction of sp³-hybridized carbons (Fsp3) is 0.706. The number of aryl methyl sites for hydroxylation is 2. The van der Waals surface area contributed by atoms with E-state index >= 15 is 0 Å². The molecule has 0 saturated carbocycles. The first kappa shape index (κ1) is 17.1. The molecule has 0 aliphatic carbocycles. The minimum absolute atomic E-state index is 0.151. The van der Waals surface area contributed by atoms with E-state index in [-0.39, 0.29) is 6.04 Å². The van der Waals surface area contributed by atoms with Crippen LogP contribution in [0.3, 0.4) is 0 Å². The Kier molecular flexibility index (Phi) is 5.30. The fourth-order valence-electron chi connectivity index (χ4n) is 3.41. The van der Waals surface area contributed by atoms with Crippen LogP contribution in [0.5, 0.6) is 0 Å². The standard InChI is InChI=1S/C17H27N5O2/c1-12-9-13(2)22(19-12)10-15-5-7-21(8-6-15)14(3)17-18-16(11-23-4)20-24-17/h9,14-15H,5-8,10-11H2,1-4H3. The van der Waals surface area contributed by atoms with Gasteiger partial charge in [-0.1, -0.05) is 5.16 Å². The molecule has 1 fully saturated rings. The lowest BCUT2D eigenvalue weighted by molar-refractivity contribution is 0.112. The van der Waals surface area contributed by atoms with Gasteiger partial charge in [0, 0.05) is 19.3 Å². The third-order valence-electron chi connectivity index (χ3n) is 4.85. The second kappa shape index (κ2) is 7.44. The van der Waals surface area contributed by atoms with E-state index in [0.29, 0.717) is 24.2 Å². The number of likely N-dealkylation sites (tertiary alicyclic amines) is 1. The van der Waals surface area contributed by atoms with Crippen LogP contribution in [0.25, 0.3) is 0 Å². The lowest BCUT2D eigenvalue weighted by atomic mass is 9.96. The molecule has 0 radical (unpaired) electrons. The summed E-state index contributed by atoms with van der Waals surface area (Å²) in [5.41, 5.74) is 2.35. The number of ether oxygens (including phenoxy) is 1. The van der Waals surface area contributed by atoms with Gasteiger partial charge in [0.2, 0.25) is 5.89 Å². The van der Waals surface area contributed by atoms with Crippen molar-refractivity contribution in [2.45, 2.75) is 52.8 Å². The molecule has 0 amide bonds. The molecule has 2 aromatic heterocycles. The Morgan fingerprint density at radius 2 is 2.08 bits per heavy atom. The molecule has 2 aromatic rings. The number of nitrogens with zero attached hydrogens (tertiary/aromatic N) is 5. The van der Waals surface area contributed by atoms with Gasteiger partial charge >= 0.3 is 0 Å². The summed E-state index contributed by atoms with van der Waals surface area (Å²) < 4.78 is 12.6. The Morgan fingerprint density at radius 3 is 2.71 bits per heavy atom. The molecule has 1 atom stereocenters. The average Bonchev–Trinajstić information content (AvgIpc) is 3.15. The molecule has 1 saturated heterocycles. The summed E-state index contributed by atoms with van der Waals surface area (Å²) in [5, 5.41) is 8.54. The first-order valence-electron chi connectivity index (χ1n) is 8.63. The van der Waals surface area contributed by atoms with Crippen molar-refractivity contribution in [1.29, 1.82) is 0 Å². The fourth-order valence-corrected chi connectivity index (χ4v) is 3.41. The van der Waals surface area contributed by atoms with Gasteiger partial charge in [0.05, 0.1) is 11.7 Å². The smallest absolute Gasteiger partial charge is 0.243 e. The molecule has 0 N–H and O–H groups in total. The van der Waals surface area contributed by atoms with Crippen LogP contribution in [-0.4, -0.2) is 45.0 Å². The van der Waals surface area contributed by atoms with Crippen LogP contribution >= 0.6 is 0 Å². The van der Waals surface area contributed by atoms with Crippen molar-refractivity contribution < 1.29 is 9.26 Å². The maximum Gasteiger partial charge on any atom is 0.243 e. The van der Waals surface area contributed by atoms with Gasteiger partial charge in [-0.25, -0.2) is 0 Å². The van der Waals surface area contributed by atoms with Crippen molar-refractivity contribution in [2.24, 2.45) is 5.92 Å². The van der Waals surface area contributed by atoms with Crippen LogP contribution in [0.4, 0.5) is 0 Å². The first-order chi connectivity index (χ1) is 11.6. The van der Waals surface area contributed by atoms with Crippen molar-refractivity contribution >= 4 is 0 Å². The Labute approximate surface area is 143 Å². The second-order valence-electron chi connectivity index (χ2n) is 6.75. The van der Waals surface area contributed by atoms with Crippen LogP contribution in [0.2, 0.25) is 0 Å². The highest BCUT2D eigenvalue weighted by atomic mass is 16.5. The van der Waals surface area contributed by atoms with E-state index in [1.807, 2.05) is 0 Å². The molecule has 1 aliphatic rings.